The molecule has 3 nitrogen and oxygen atoms in total. The van der Waals surface area contributed by atoms with E-state index in [0.29, 0.717) is 25.6 Å². The van der Waals surface area contributed by atoms with Crippen LogP contribution in [0.1, 0.15) is 27.2 Å². The molecular weight excluding hydrogens is 156 g/mol. The normalized spacial score (nSPS) is 10.3. The van der Waals surface area contributed by atoms with Crippen LogP contribution in [0.2, 0.25) is 0 Å². The van der Waals surface area contributed by atoms with E-state index in [1.807, 2.05) is 0 Å². The van der Waals surface area contributed by atoms with Gasteiger partial charge >= 0.3 is 5.97 Å². The molecule has 72 valence electrons. The number of esters is 1. The Hall–Kier alpha value is -0.570. The van der Waals surface area contributed by atoms with Gasteiger partial charge < -0.3 is 9.47 Å². The first-order chi connectivity index (χ1) is 5.66. The highest BCUT2D eigenvalue weighted by Crippen LogP contribution is 1.92. The minimum atomic E-state index is -0.164. The molecule has 0 aliphatic heterocycles. The van der Waals surface area contributed by atoms with Gasteiger partial charge in [-0.2, -0.15) is 0 Å². The summed E-state index contributed by atoms with van der Waals surface area (Å²) in [4.78, 5) is 10.6. The molecule has 0 radical (unpaired) electrons. The lowest BCUT2D eigenvalue weighted by atomic mass is 10.2. The third kappa shape index (κ3) is 7.54. The first-order valence-corrected chi connectivity index (χ1v) is 4.40. The maximum Gasteiger partial charge on any atom is 0.305 e. The van der Waals surface area contributed by atoms with Gasteiger partial charge in [-0.05, 0) is 5.92 Å². The van der Waals surface area contributed by atoms with Crippen LogP contribution in [0.5, 0.6) is 0 Å². The molecule has 0 amide bonds. The van der Waals surface area contributed by atoms with Crippen LogP contribution in [0.15, 0.2) is 0 Å². The lowest BCUT2D eigenvalue weighted by Gasteiger charge is -2.06. The predicted octanol–water partition coefficient (Wildman–Crippen LogP) is 1.61. The quantitative estimate of drug-likeness (QED) is 0.453. The Kier molecular flexibility index (Phi) is 6.76. The Balaban J connectivity index is 3.05. The van der Waals surface area contributed by atoms with Crippen molar-refractivity contribution in [1.82, 2.24) is 0 Å². The second-order valence-electron chi connectivity index (χ2n) is 3.04. The fourth-order valence-electron chi connectivity index (χ4n) is 0.636. The van der Waals surface area contributed by atoms with E-state index in [2.05, 4.69) is 13.8 Å². The molecule has 0 aromatic heterocycles. The van der Waals surface area contributed by atoms with Gasteiger partial charge in [0.25, 0.3) is 0 Å². The molecule has 0 fully saturated rings. The molecule has 0 N–H and O–H groups in total. The summed E-state index contributed by atoms with van der Waals surface area (Å²) in [7, 11) is 0. The minimum absolute atomic E-state index is 0.164. The zero-order valence-electron chi connectivity index (χ0n) is 8.13. The third-order valence-electron chi connectivity index (χ3n) is 1.23. The van der Waals surface area contributed by atoms with Crippen molar-refractivity contribution in [2.75, 3.05) is 19.8 Å². The predicted molar refractivity (Wildman–Crippen MR) is 46.9 cm³/mol. The van der Waals surface area contributed by atoms with Crippen LogP contribution >= 0.6 is 0 Å². The molecule has 12 heavy (non-hydrogen) atoms. The molecule has 0 rings (SSSR count). The maximum absolute atomic E-state index is 10.6. The van der Waals surface area contributed by atoms with Crippen molar-refractivity contribution in [2.24, 2.45) is 5.92 Å². The van der Waals surface area contributed by atoms with Gasteiger partial charge in [-0.1, -0.05) is 20.8 Å². The first-order valence-electron chi connectivity index (χ1n) is 4.40. The number of hydrogen-bond donors (Lipinski definition) is 0. The van der Waals surface area contributed by atoms with Gasteiger partial charge in [0, 0.05) is 13.0 Å². The zero-order chi connectivity index (χ0) is 9.40. The number of carbonyl (C=O) groups is 1. The van der Waals surface area contributed by atoms with Crippen LogP contribution in [-0.4, -0.2) is 25.8 Å². The van der Waals surface area contributed by atoms with Crippen molar-refractivity contribution < 1.29 is 14.3 Å². The van der Waals surface area contributed by atoms with E-state index in [4.69, 9.17) is 9.47 Å². The van der Waals surface area contributed by atoms with Crippen LogP contribution in [0.4, 0.5) is 0 Å². The third-order valence-corrected chi connectivity index (χ3v) is 1.23. The van der Waals surface area contributed by atoms with Crippen LogP contribution in [0.3, 0.4) is 0 Å². The van der Waals surface area contributed by atoms with Crippen molar-refractivity contribution in [2.45, 2.75) is 27.2 Å². The number of rotatable bonds is 6. The molecule has 0 saturated carbocycles. The van der Waals surface area contributed by atoms with Gasteiger partial charge in [0.15, 0.2) is 0 Å². The molecule has 3 heteroatoms. The number of hydrogen-bond acceptors (Lipinski definition) is 3. The van der Waals surface area contributed by atoms with E-state index in [0.717, 1.165) is 6.61 Å². The molecule has 0 bridgehead atoms. The largest absolute Gasteiger partial charge is 0.463 e. The molecule has 0 aromatic rings. The lowest BCUT2D eigenvalue weighted by Crippen LogP contribution is -2.11. The van der Waals surface area contributed by atoms with Gasteiger partial charge in [-0.15, -0.1) is 0 Å². The van der Waals surface area contributed by atoms with E-state index in [9.17, 15) is 4.79 Å². The van der Waals surface area contributed by atoms with Gasteiger partial charge in [0.05, 0.1) is 6.61 Å². The van der Waals surface area contributed by atoms with Crippen LogP contribution < -0.4 is 0 Å². The number of ether oxygens (including phenoxy) is 2. The van der Waals surface area contributed by atoms with Crippen LogP contribution in [0.25, 0.3) is 0 Å². The van der Waals surface area contributed by atoms with Gasteiger partial charge in [-0.25, -0.2) is 0 Å². The topological polar surface area (TPSA) is 35.5 Å². The Bertz CT molecular complexity index is 121. The van der Waals surface area contributed by atoms with E-state index in [1.165, 1.54) is 0 Å². The zero-order valence-corrected chi connectivity index (χ0v) is 8.13. The van der Waals surface area contributed by atoms with Crippen molar-refractivity contribution >= 4 is 5.97 Å². The molecule has 0 spiro atoms. The Labute approximate surface area is 74.0 Å². The maximum atomic E-state index is 10.6. The molecule has 0 aromatic carbocycles. The van der Waals surface area contributed by atoms with Crippen molar-refractivity contribution in [3.05, 3.63) is 0 Å². The number of carbonyl (C=O) groups excluding carboxylic acids is 1. The summed E-state index contributed by atoms with van der Waals surface area (Å²) < 4.78 is 10.0. The van der Waals surface area contributed by atoms with Gasteiger partial charge in [-0.3, -0.25) is 4.79 Å². The van der Waals surface area contributed by atoms with Crippen molar-refractivity contribution in [3.8, 4) is 0 Å². The highest BCUT2D eigenvalue weighted by atomic mass is 16.6. The standard InChI is InChI=1S/C9H18O3/c1-4-9(10)12-6-5-11-7-8(2)3/h8H,4-7H2,1-3H3. The van der Waals surface area contributed by atoms with E-state index >= 15 is 0 Å². The Morgan fingerprint density at radius 2 is 2.00 bits per heavy atom. The van der Waals surface area contributed by atoms with Crippen molar-refractivity contribution in [1.29, 1.82) is 0 Å². The highest BCUT2D eigenvalue weighted by Gasteiger charge is 1.97. The summed E-state index contributed by atoms with van der Waals surface area (Å²) in [6.45, 7) is 7.54. The van der Waals surface area contributed by atoms with Crippen molar-refractivity contribution in [3.63, 3.8) is 0 Å². The smallest absolute Gasteiger partial charge is 0.305 e. The van der Waals surface area contributed by atoms with Gasteiger partial charge in [0.1, 0.15) is 6.61 Å². The summed E-state index contributed by atoms with van der Waals surface area (Å²) in [6, 6.07) is 0. The summed E-state index contributed by atoms with van der Waals surface area (Å²) in [6.07, 6.45) is 0.435. The SMILES string of the molecule is CCC(=O)OCCOCC(C)C. The second kappa shape index (κ2) is 7.10. The molecule has 0 unspecified atom stereocenters. The lowest BCUT2D eigenvalue weighted by molar-refractivity contribution is -0.144. The minimum Gasteiger partial charge on any atom is -0.463 e. The van der Waals surface area contributed by atoms with E-state index in [1.54, 1.807) is 6.92 Å². The molecular formula is C9H18O3. The Morgan fingerprint density at radius 3 is 2.50 bits per heavy atom. The molecule has 0 heterocycles. The molecule has 0 saturated heterocycles. The monoisotopic (exact) mass is 174 g/mol. The summed E-state index contributed by atoms with van der Waals surface area (Å²) in [5.74, 6) is 0.370. The second-order valence-corrected chi connectivity index (χ2v) is 3.04. The van der Waals surface area contributed by atoms with E-state index < -0.39 is 0 Å². The first kappa shape index (κ1) is 11.4. The molecule has 0 aliphatic rings. The van der Waals surface area contributed by atoms with Crippen LogP contribution in [-0.2, 0) is 14.3 Å². The fraction of sp³-hybridized carbons (Fsp3) is 0.889. The average molecular weight is 174 g/mol. The summed E-state index contributed by atoms with van der Waals surface area (Å²) in [5.41, 5.74) is 0. The summed E-state index contributed by atoms with van der Waals surface area (Å²) >= 11 is 0. The fourth-order valence-corrected chi connectivity index (χ4v) is 0.636. The van der Waals surface area contributed by atoms with Gasteiger partial charge in [0.2, 0.25) is 0 Å². The average Bonchev–Trinajstić information content (AvgIpc) is 2.03. The van der Waals surface area contributed by atoms with E-state index in [-0.39, 0.29) is 5.97 Å². The summed E-state index contributed by atoms with van der Waals surface area (Å²) in [5, 5.41) is 0. The molecule has 0 aliphatic carbocycles. The molecule has 0 atom stereocenters. The Morgan fingerprint density at radius 1 is 1.33 bits per heavy atom. The van der Waals surface area contributed by atoms with Crippen LogP contribution in [0, 0.1) is 5.92 Å². The highest BCUT2D eigenvalue weighted by molar-refractivity contribution is 5.68.